The molecular weight excluding hydrogens is 436 g/mol. The van der Waals surface area contributed by atoms with Gasteiger partial charge in [-0.2, -0.15) is 0 Å². The molecule has 1 saturated carbocycles. The zero-order valence-corrected chi connectivity index (χ0v) is 18.8. The van der Waals surface area contributed by atoms with Crippen molar-refractivity contribution in [2.45, 2.75) is 75.3 Å². The van der Waals surface area contributed by atoms with Gasteiger partial charge in [0.25, 0.3) is 0 Å². The van der Waals surface area contributed by atoms with Gasteiger partial charge in [-0.3, -0.25) is 9.69 Å². The lowest BCUT2D eigenvalue weighted by molar-refractivity contribution is -0.130. The normalized spacial score (nSPS) is 31.0. The number of rotatable bonds is 6. The number of thiophene rings is 1. The number of ether oxygens (including phenoxy) is 2. The van der Waals surface area contributed by atoms with E-state index < -0.39 is 19.0 Å². The third-order valence-electron chi connectivity index (χ3n) is 7.09. The number of primary amides is 1. The molecule has 174 valence electrons. The number of halogens is 2. The predicted molar refractivity (Wildman–Crippen MR) is 118 cm³/mol. The summed E-state index contributed by atoms with van der Waals surface area (Å²) in [5.41, 5.74) is 6.67. The number of aromatic nitrogens is 1. The van der Waals surface area contributed by atoms with E-state index in [0.29, 0.717) is 6.42 Å². The minimum atomic E-state index is -1.25. The molecule has 2 fully saturated rings. The van der Waals surface area contributed by atoms with Gasteiger partial charge in [-0.1, -0.05) is 0 Å². The van der Waals surface area contributed by atoms with Crippen LogP contribution in [0.15, 0.2) is 12.3 Å². The molecule has 0 bridgehead atoms. The number of nitrogens with two attached hydrogens (primary N) is 1. The van der Waals surface area contributed by atoms with Gasteiger partial charge in [0.1, 0.15) is 17.3 Å². The van der Waals surface area contributed by atoms with Gasteiger partial charge in [-0.15, -0.1) is 11.3 Å². The van der Waals surface area contributed by atoms with Crippen molar-refractivity contribution in [2.24, 2.45) is 5.73 Å². The number of pyridine rings is 1. The first-order valence-electron chi connectivity index (χ1n) is 11.5. The van der Waals surface area contributed by atoms with E-state index in [0.717, 1.165) is 54.5 Å². The van der Waals surface area contributed by atoms with Gasteiger partial charge in [0.15, 0.2) is 6.30 Å². The molecule has 5 rings (SSSR count). The van der Waals surface area contributed by atoms with Crippen LogP contribution in [0.1, 0.15) is 54.9 Å². The summed E-state index contributed by atoms with van der Waals surface area (Å²) in [5, 5.41) is 1.02. The number of nitrogens with zero attached hydrogens (tertiary/aromatic N) is 2. The van der Waals surface area contributed by atoms with E-state index in [4.69, 9.17) is 15.2 Å². The molecule has 9 heteroatoms. The summed E-state index contributed by atoms with van der Waals surface area (Å²) in [6.45, 7) is -0.336. The van der Waals surface area contributed by atoms with Gasteiger partial charge in [0.2, 0.25) is 5.91 Å². The van der Waals surface area contributed by atoms with Gasteiger partial charge < -0.3 is 15.2 Å². The van der Waals surface area contributed by atoms with Crippen molar-refractivity contribution in [1.29, 1.82) is 0 Å². The predicted octanol–water partition coefficient (Wildman–Crippen LogP) is 3.86. The Balaban J connectivity index is 1.31. The Bertz CT molecular complexity index is 979. The van der Waals surface area contributed by atoms with Crippen molar-refractivity contribution in [3.63, 3.8) is 0 Å². The molecule has 6 nitrogen and oxygen atoms in total. The summed E-state index contributed by atoms with van der Waals surface area (Å²) in [7, 11) is 0. The Kier molecular flexibility index (Phi) is 6.31. The van der Waals surface area contributed by atoms with E-state index in [2.05, 4.69) is 4.98 Å². The van der Waals surface area contributed by atoms with Gasteiger partial charge in [-0.25, -0.2) is 13.8 Å². The minimum Gasteiger partial charge on any atom is -0.490 e. The molecule has 2 aromatic rings. The van der Waals surface area contributed by atoms with E-state index in [1.807, 2.05) is 6.07 Å². The van der Waals surface area contributed by atoms with Crippen molar-refractivity contribution in [3.8, 4) is 5.75 Å². The zero-order valence-electron chi connectivity index (χ0n) is 18.0. The first kappa shape index (κ1) is 22.0. The van der Waals surface area contributed by atoms with Crippen molar-refractivity contribution in [1.82, 2.24) is 9.88 Å². The van der Waals surface area contributed by atoms with Crippen LogP contribution in [0.2, 0.25) is 0 Å². The molecule has 3 atom stereocenters. The van der Waals surface area contributed by atoms with Crippen LogP contribution in [-0.4, -0.2) is 60.2 Å². The van der Waals surface area contributed by atoms with Crippen LogP contribution in [0.5, 0.6) is 5.75 Å². The van der Waals surface area contributed by atoms with Crippen LogP contribution >= 0.6 is 11.3 Å². The SMILES string of the molecule is NC(=O)C[C@H]1CCc2sc3nccc(OC4CCC(N5[C@H](CF)COC[C@@H]5F)CC4)c3c21. The topological polar surface area (TPSA) is 77.7 Å². The summed E-state index contributed by atoms with van der Waals surface area (Å²) in [6, 6.07) is 1.41. The second-order valence-electron chi connectivity index (χ2n) is 9.11. The highest BCUT2D eigenvalue weighted by molar-refractivity contribution is 7.19. The molecular formula is C23H29F2N3O3S. The smallest absolute Gasteiger partial charge is 0.218 e. The Labute approximate surface area is 190 Å². The fraction of sp³-hybridized carbons (Fsp3) is 0.652. The monoisotopic (exact) mass is 465 g/mol. The van der Waals surface area contributed by atoms with E-state index in [-0.39, 0.29) is 37.2 Å². The van der Waals surface area contributed by atoms with E-state index in [1.165, 1.54) is 10.4 Å². The van der Waals surface area contributed by atoms with Gasteiger partial charge >= 0.3 is 0 Å². The van der Waals surface area contributed by atoms with Gasteiger partial charge in [0, 0.05) is 23.5 Å². The Morgan fingerprint density at radius 3 is 2.84 bits per heavy atom. The van der Waals surface area contributed by atoms with Crippen molar-refractivity contribution in [2.75, 3.05) is 19.9 Å². The number of carbonyl (C=O) groups excluding carboxylic acids is 1. The maximum atomic E-state index is 14.5. The Morgan fingerprint density at radius 2 is 2.09 bits per heavy atom. The summed E-state index contributed by atoms with van der Waals surface area (Å²) >= 11 is 1.68. The number of carbonyl (C=O) groups is 1. The molecule has 1 saturated heterocycles. The number of aryl methyl sites for hydroxylation is 1. The molecule has 0 spiro atoms. The van der Waals surface area contributed by atoms with Crippen LogP contribution in [0.3, 0.4) is 0 Å². The fourth-order valence-corrected chi connectivity index (χ4v) is 6.93. The Hall–Kier alpha value is -1.84. The molecule has 3 aliphatic rings. The molecule has 2 N–H and O–H groups in total. The number of amides is 1. The maximum Gasteiger partial charge on any atom is 0.218 e. The third-order valence-corrected chi connectivity index (χ3v) is 8.26. The highest BCUT2D eigenvalue weighted by atomic mass is 32.1. The minimum absolute atomic E-state index is 0.0114. The molecule has 0 aromatic carbocycles. The van der Waals surface area contributed by atoms with Crippen LogP contribution < -0.4 is 10.5 Å². The number of hydrogen-bond donors (Lipinski definition) is 1. The lowest BCUT2D eigenvalue weighted by Crippen LogP contribution is -2.57. The summed E-state index contributed by atoms with van der Waals surface area (Å²) in [4.78, 5) is 20.0. The molecule has 2 aromatic heterocycles. The maximum absolute atomic E-state index is 14.5. The summed E-state index contributed by atoms with van der Waals surface area (Å²) in [5.74, 6) is 0.649. The number of fused-ring (bicyclic) bond motifs is 3. The molecule has 2 aliphatic carbocycles. The second kappa shape index (κ2) is 9.19. The van der Waals surface area contributed by atoms with Crippen LogP contribution in [0.4, 0.5) is 8.78 Å². The quantitative estimate of drug-likeness (QED) is 0.656. The number of hydrogen-bond acceptors (Lipinski definition) is 6. The lowest BCUT2D eigenvalue weighted by Gasteiger charge is -2.44. The molecule has 32 heavy (non-hydrogen) atoms. The van der Waals surface area contributed by atoms with Crippen molar-refractivity contribution in [3.05, 3.63) is 22.7 Å². The van der Waals surface area contributed by atoms with E-state index >= 15 is 0 Å². The van der Waals surface area contributed by atoms with Gasteiger partial charge in [0.05, 0.1) is 30.7 Å². The zero-order chi connectivity index (χ0) is 22.2. The molecule has 1 amide bonds. The first-order valence-corrected chi connectivity index (χ1v) is 12.3. The van der Waals surface area contributed by atoms with Crippen LogP contribution in [0, 0.1) is 0 Å². The summed E-state index contributed by atoms with van der Waals surface area (Å²) in [6.07, 6.45) is 5.86. The van der Waals surface area contributed by atoms with E-state index in [1.54, 1.807) is 22.4 Å². The largest absolute Gasteiger partial charge is 0.490 e. The lowest BCUT2D eigenvalue weighted by atomic mass is 9.90. The Morgan fingerprint density at radius 1 is 1.28 bits per heavy atom. The molecule has 0 unspecified atom stereocenters. The third kappa shape index (κ3) is 4.10. The molecule has 1 aliphatic heterocycles. The van der Waals surface area contributed by atoms with E-state index in [9.17, 15) is 13.6 Å². The van der Waals surface area contributed by atoms with Crippen LogP contribution in [0.25, 0.3) is 10.2 Å². The number of morpholine rings is 1. The number of alkyl halides is 2. The average molecular weight is 466 g/mol. The van der Waals surface area contributed by atoms with Crippen LogP contribution in [-0.2, 0) is 16.0 Å². The van der Waals surface area contributed by atoms with Crippen molar-refractivity contribution < 1.29 is 23.0 Å². The van der Waals surface area contributed by atoms with Crippen molar-refractivity contribution >= 4 is 27.5 Å². The molecule has 3 heterocycles. The highest BCUT2D eigenvalue weighted by Gasteiger charge is 2.39. The standard InChI is InChI=1S/C23H29F2N3O3S/c24-10-15-11-30-12-19(25)28(15)14-2-4-16(5-3-14)31-17-7-8-27-23-22(17)21-13(9-20(26)29)1-6-18(21)32-23/h7-8,13-16,19H,1-6,9-12H2,(H2,26,29)/t13-,14?,15-,16?,19-/m1/s1. The first-order chi connectivity index (χ1) is 15.5. The second-order valence-corrected chi connectivity index (χ2v) is 10.2. The van der Waals surface area contributed by atoms with Gasteiger partial charge in [-0.05, 0) is 56.1 Å². The highest BCUT2D eigenvalue weighted by Crippen LogP contribution is 2.48. The average Bonchev–Trinajstić information content (AvgIpc) is 3.34. The fourth-order valence-electron chi connectivity index (χ4n) is 5.67. The molecule has 0 radical (unpaired) electrons. The summed E-state index contributed by atoms with van der Waals surface area (Å²) < 4.78 is 39.5.